The predicted octanol–water partition coefficient (Wildman–Crippen LogP) is 4.38. The Morgan fingerprint density at radius 1 is 1.38 bits per heavy atom. The van der Waals surface area contributed by atoms with Crippen LogP contribution in [0, 0.1) is 5.41 Å². The minimum atomic E-state index is -0.696. The van der Waals surface area contributed by atoms with Gasteiger partial charge in [-0.25, -0.2) is 4.98 Å². The summed E-state index contributed by atoms with van der Waals surface area (Å²) in [4.78, 5) is 15.3. The highest BCUT2D eigenvalue weighted by atomic mass is 35.5. The molecule has 1 aliphatic carbocycles. The summed E-state index contributed by atoms with van der Waals surface area (Å²) < 4.78 is 0. The topological polar surface area (TPSA) is 50.2 Å². The summed E-state index contributed by atoms with van der Waals surface area (Å²) in [6, 6.07) is 9.99. The maximum absolute atomic E-state index is 10.8. The van der Waals surface area contributed by atoms with E-state index >= 15 is 0 Å². The first-order valence-electron chi connectivity index (χ1n) is 6.92. The molecular formula is C16H16ClNO2S. The van der Waals surface area contributed by atoms with E-state index in [-0.39, 0.29) is 11.8 Å². The number of rotatable bonds is 6. The molecule has 1 saturated carbocycles. The van der Waals surface area contributed by atoms with Crippen molar-refractivity contribution in [2.45, 2.75) is 25.0 Å². The van der Waals surface area contributed by atoms with Crippen LogP contribution in [-0.2, 0) is 10.5 Å². The largest absolute Gasteiger partial charge is 0.481 e. The second-order valence-electron chi connectivity index (χ2n) is 5.69. The molecule has 0 saturated heterocycles. The van der Waals surface area contributed by atoms with Crippen LogP contribution >= 0.6 is 23.4 Å². The molecule has 2 aromatic rings. The molecule has 5 heteroatoms. The van der Waals surface area contributed by atoms with Gasteiger partial charge in [0.15, 0.2) is 0 Å². The molecule has 1 aromatic carbocycles. The van der Waals surface area contributed by atoms with Crippen molar-refractivity contribution in [1.29, 1.82) is 0 Å². The molecule has 0 amide bonds. The van der Waals surface area contributed by atoms with E-state index in [2.05, 4.69) is 11.1 Å². The molecule has 110 valence electrons. The molecule has 1 N–H and O–H groups in total. The molecule has 3 rings (SSSR count). The number of aromatic nitrogens is 1. The number of benzene rings is 1. The van der Waals surface area contributed by atoms with Gasteiger partial charge in [-0.2, -0.15) is 11.8 Å². The SMILES string of the molecule is O=C(O)CC1(CSCc2cc3ccccc3nc2Cl)CC1. The van der Waals surface area contributed by atoms with Crippen LogP contribution in [0.1, 0.15) is 24.8 Å². The minimum Gasteiger partial charge on any atom is -0.481 e. The van der Waals surface area contributed by atoms with Crippen LogP contribution < -0.4 is 0 Å². The molecule has 1 fully saturated rings. The second-order valence-corrected chi connectivity index (χ2v) is 7.04. The Hall–Kier alpha value is -1.26. The van der Waals surface area contributed by atoms with Gasteiger partial charge in [-0.05, 0) is 36.1 Å². The molecule has 1 aromatic heterocycles. The summed E-state index contributed by atoms with van der Waals surface area (Å²) in [5.74, 6) is 0.957. The Balaban J connectivity index is 1.65. The summed E-state index contributed by atoms with van der Waals surface area (Å²) in [5.41, 5.74) is 1.94. The van der Waals surface area contributed by atoms with Crippen molar-refractivity contribution in [3.05, 3.63) is 41.0 Å². The van der Waals surface area contributed by atoms with Crippen LogP contribution in [0.15, 0.2) is 30.3 Å². The Bertz CT molecular complexity index is 685. The molecule has 0 bridgehead atoms. The summed E-state index contributed by atoms with van der Waals surface area (Å²) >= 11 is 7.99. The van der Waals surface area contributed by atoms with Crippen molar-refractivity contribution in [2.24, 2.45) is 5.41 Å². The number of nitrogens with zero attached hydrogens (tertiary/aromatic N) is 1. The standard InChI is InChI=1S/C16H16ClNO2S/c17-15-12(7-11-3-1-2-4-13(11)18-15)9-21-10-16(5-6-16)8-14(19)20/h1-4,7H,5-6,8-10H2,(H,19,20). The molecule has 0 radical (unpaired) electrons. The van der Waals surface area contributed by atoms with Crippen LogP contribution in [0.25, 0.3) is 10.9 Å². The van der Waals surface area contributed by atoms with Crippen molar-refractivity contribution in [3.63, 3.8) is 0 Å². The third-order valence-corrected chi connectivity index (χ3v) is 5.56. The molecule has 1 heterocycles. The normalized spacial score (nSPS) is 16.0. The van der Waals surface area contributed by atoms with E-state index in [1.165, 1.54) is 0 Å². The number of halogens is 1. The van der Waals surface area contributed by atoms with Gasteiger partial charge in [0.2, 0.25) is 0 Å². The number of para-hydroxylation sites is 1. The lowest BCUT2D eigenvalue weighted by Crippen LogP contribution is -2.11. The van der Waals surface area contributed by atoms with E-state index in [0.717, 1.165) is 40.8 Å². The van der Waals surface area contributed by atoms with Gasteiger partial charge in [0.1, 0.15) is 5.15 Å². The van der Waals surface area contributed by atoms with Crippen molar-refractivity contribution < 1.29 is 9.90 Å². The molecule has 1 aliphatic rings. The van der Waals surface area contributed by atoms with E-state index in [1.54, 1.807) is 11.8 Å². The van der Waals surface area contributed by atoms with Crippen molar-refractivity contribution in [1.82, 2.24) is 4.98 Å². The number of pyridine rings is 1. The summed E-state index contributed by atoms with van der Waals surface area (Å²) in [6.45, 7) is 0. The lowest BCUT2D eigenvalue weighted by molar-refractivity contribution is -0.138. The molecule has 0 unspecified atom stereocenters. The quantitative estimate of drug-likeness (QED) is 0.802. The zero-order valence-corrected chi connectivity index (χ0v) is 13.1. The van der Waals surface area contributed by atoms with Gasteiger partial charge in [-0.3, -0.25) is 4.79 Å². The number of carbonyl (C=O) groups is 1. The van der Waals surface area contributed by atoms with Gasteiger partial charge in [0.25, 0.3) is 0 Å². The van der Waals surface area contributed by atoms with Crippen molar-refractivity contribution in [3.8, 4) is 0 Å². The Morgan fingerprint density at radius 2 is 2.14 bits per heavy atom. The molecule has 0 aliphatic heterocycles. The van der Waals surface area contributed by atoms with E-state index in [4.69, 9.17) is 16.7 Å². The van der Waals surface area contributed by atoms with E-state index in [0.29, 0.717) is 5.15 Å². The summed E-state index contributed by atoms with van der Waals surface area (Å²) in [7, 11) is 0. The number of carboxylic acids is 1. The van der Waals surface area contributed by atoms with Gasteiger partial charge in [-0.1, -0.05) is 29.8 Å². The fraction of sp³-hybridized carbons (Fsp3) is 0.375. The molecule has 0 atom stereocenters. The number of hydrogen-bond acceptors (Lipinski definition) is 3. The first-order chi connectivity index (χ1) is 10.1. The lowest BCUT2D eigenvalue weighted by Gasteiger charge is -2.12. The van der Waals surface area contributed by atoms with Crippen LogP contribution in [0.2, 0.25) is 5.15 Å². The van der Waals surface area contributed by atoms with E-state index < -0.39 is 5.97 Å². The Morgan fingerprint density at radius 3 is 2.86 bits per heavy atom. The first kappa shape index (κ1) is 14.7. The van der Waals surface area contributed by atoms with Gasteiger partial charge >= 0.3 is 5.97 Å². The molecule has 21 heavy (non-hydrogen) atoms. The van der Waals surface area contributed by atoms with Gasteiger partial charge in [0.05, 0.1) is 11.9 Å². The fourth-order valence-electron chi connectivity index (χ4n) is 2.48. The maximum Gasteiger partial charge on any atom is 0.303 e. The third kappa shape index (κ3) is 3.50. The summed E-state index contributed by atoms with van der Waals surface area (Å²) in [5, 5.41) is 10.6. The zero-order chi connectivity index (χ0) is 14.9. The van der Waals surface area contributed by atoms with Crippen LogP contribution in [-0.4, -0.2) is 21.8 Å². The fourth-order valence-corrected chi connectivity index (χ4v) is 4.14. The van der Waals surface area contributed by atoms with Crippen molar-refractivity contribution in [2.75, 3.05) is 5.75 Å². The summed E-state index contributed by atoms with van der Waals surface area (Å²) in [6.07, 6.45) is 2.33. The zero-order valence-electron chi connectivity index (χ0n) is 11.5. The van der Waals surface area contributed by atoms with Gasteiger partial charge in [-0.15, -0.1) is 0 Å². The number of fused-ring (bicyclic) bond motifs is 1. The Kier molecular flexibility index (Phi) is 4.09. The lowest BCUT2D eigenvalue weighted by atomic mass is 10.1. The van der Waals surface area contributed by atoms with Crippen molar-refractivity contribution >= 4 is 40.2 Å². The second kappa shape index (κ2) is 5.85. The van der Waals surface area contributed by atoms with Crippen LogP contribution in [0.4, 0.5) is 0 Å². The monoisotopic (exact) mass is 321 g/mol. The highest BCUT2D eigenvalue weighted by Gasteiger charge is 2.44. The highest BCUT2D eigenvalue weighted by molar-refractivity contribution is 7.98. The third-order valence-electron chi connectivity index (χ3n) is 3.90. The number of thioether (sulfide) groups is 1. The number of hydrogen-bond donors (Lipinski definition) is 1. The van der Waals surface area contributed by atoms with Gasteiger partial charge < -0.3 is 5.11 Å². The van der Waals surface area contributed by atoms with Crippen LogP contribution in [0.3, 0.4) is 0 Å². The predicted molar refractivity (Wildman–Crippen MR) is 86.8 cm³/mol. The number of carboxylic acid groups (broad SMARTS) is 1. The molecule has 0 spiro atoms. The first-order valence-corrected chi connectivity index (χ1v) is 8.45. The highest BCUT2D eigenvalue weighted by Crippen LogP contribution is 2.51. The molecule has 3 nitrogen and oxygen atoms in total. The average Bonchev–Trinajstić information content (AvgIpc) is 3.18. The average molecular weight is 322 g/mol. The minimum absolute atomic E-state index is 0.0211. The van der Waals surface area contributed by atoms with Gasteiger partial charge in [0, 0.05) is 16.7 Å². The van der Waals surface area contributed by atoms with Crippen LogP contribution in [0.5, 0.6) is 0 Å². The number of aliphatic carboxylic acids is 1. The maximum atomic E-state index is 10.8. The molecular weight excluding hydrogens is 306 g/mol. The smallest absolute Gasteiger partial charge is 0.303 e. The van der Waals surface area contributed by atoms with E-state index in [9.17, 15) is 4.79 Å². The van der Waals surface area contributed by atoms with E-state index in [1.807, 2.05) is 24.3 Å². The Labute approximate surface area is 132 Å².